The molecule has 3 heterocycles. The maximum absolute atomic E-state index is 12.2. The monoisotopic (exact) mass is 371 g/mol. The summed E-state index contributed by atoms with van der Waals surface area (Å²) < 4.78 is 10.3. The molecule has 0 radical (unpaired) electrons. The predicted molar refractivity (Wildman–Crippen MR) is 97.6 cm³/mol. The Morgan fingerprint density at radius 1 is 1.38 bits per heavy atom. The summed E-state index contributed by atoms with van der Waals surface area (Å²) in [6.07, 6.45) is -0.360. The zero-order chi connectivity index (χ0) is 18.3. The van der Waals surface area contributed by atoms with Gasteiger partial charge in [-0.15, -0.1) is 0 Å². The van der Waals surface area contributed by atoms with Gasteiger partial charge in [-0.25, -0.2) is 9.78 Å². The highest BCUT2D eigenvalue weighted by atomic mass is 32.1. The van der Waals surface area contributed by atoms with Crippen LogP contribution < -0.4 is 9.61 Å². The molecule has 1 N–H and O–H groups in total. The Balaban J connectivity index is 1.78. The first-order chi connectivity index (χ1) is 12.6. The van der Waals surface area contributed by atoms with Crippen LogP contribution in [0.2, 0.25) is 0 Å². The third-order valence-electron chi connectivity index (χ3n) is 4.32. The van der Waals surface area contributed by atoms with Crippen LogP contribution in [0.3, 0.4) is 0 Å². The molecule has 134 valence electrons. The van der Waals surface area contributed by atoms with Crippen LogP contribution >= 0.6 is 11.3 Å². The minimum Gasteiger partial charge on any atom is -0.497 e. The van der Waals surface area contributed by atoms with Crippen LogP contribution in [0.5, 0.6) is 5.75 Å². The number of aromatic amines is 1. The molecule has 0 spiro atoms. The summed E-state index contributed by atoms with van der Waals surface area (Å²) in [6.45, 7) is 2.90. The van der Waals surface area contributed by atoms with Gasteiger partial charge in [0.05, 0.1) is 43.1 Å². The van der Waals surface area contributed by atoms with Crippen molar-refractivity contribution in [3.63, 3.8) is 0 Å². The van der Waals surface area contributed by atoms with Crippen LogP contribution in [0.15, 0.2) is 29.1 Å². The molecule has 26 heavy (non-hydrogen) atoms. The predicted octanol–water partition coefficient (Wildman–Crippen LogP) is 3.08. The lowest BCUT2D eigenvalue weighted by molar-refractivity contribution is 0.106. The van der Waals surface area contributed by atoms with Crippen molar-refractivity contribution in [2.75, 3.05) is 13.7 Å². The van der Waals surface area contributed by atoms with Crippen molar-refractivity contribution in [2.24, 2.45) is 0 Å². The fourth-order valence-corrected chi connectivity index (χ4v) is 4.03. The number of carbonyl (C=O) groups excluding carboxylic acids is 1. The van der Waals surface area contributed by atoms with Gasteiger partial charge < -0.3 is 14.5 Å². The van der Waals surface area contributed by atoms with Crippen LogP contribution in [-0.2, 0) is 17.8 Å². The molecule has 1 aromatic carbocycles. The van der Waals surface area contributed by atoms with Crippen molar-refractivity contribution < 1.29 is 14.3 Å². The maximum Gasteiger partial charge on any atom is 0.410 e. The number of carbonyl (C=O) groups is 1. The Hall–Kier alpha value is -2.87. The lowest BCUT2D eigenvalue weighted by Gasteiger charge is -2.15. The van der Waals surface area contributed by atoms with E-state index in [-0.39, 0.29) is 11.0 Å². The standard InChI is InChI=1S/C18H17N3O4S/c1-3-25-18(23)21-8-12-13(9-21)19-15-14(20-17(22)26-16(12)15)10-5-4-6-11(7-10)24-2/h4-7H,3,8-9H2,1-2H3,(H,20,22). The van der Waals surface area contributed by atoms with Crippen molar-refractivity contribution in [3.8, 4) is 27.6 Å². The molecule has 0 bridgehead atoms. The Bertz CT molecular complexity index is 1010. The molecular formula is C18H17N3O4S. The van der Waals surface area contributed by atoms with Crippen molar-refractivity contribution in [3.05, 3.63) is 45.2 Å². The second-order valence-corrected chi connectivity index (χ2v) is 6.87. The first kappa shape index (κ1) is 16.6. The topological polar surface area (TPSA) is 84.5 Å². The fourth-order valence-electron chi connectivity index (χ4n) is 3.14. The summed E-state index contributed by atoms with van der Waals surface area (Å²) in [7, 11) is 1.60. The molecule has 1 amide bonds. The molecule has 4 rings (SSSR count). The van der Waals surface area contributed by atoms with E-state index in [1.807, 2.05) is 24.3 Å². The molecule has 0 fully saturated rings. The quantitative estimate of drug-likeness (QED) is 0.765. The van der Waals surface area contributed by atoms with E-state index in [1.165, 1.54) is 0 Å². The van der Waals surface area contributed by atoms with Gasteiger partial charge >= 0.3 is 11.0 Å². The van der Waals surface area contributed by atoms with E-state index in [9.17, 15) is 9.59 Å². The second-order valence-electron chi connectivity index (χ2n) is 5.89. The van der Waals surface area contributed by atoms with Crippen molar-refractivity contribution in [1.29, 1.82) is 0 Å². The molecule has 3 aliphatic heterocycles. The molecule has 1 aromatic rings. The van der Waals surface area contributed by atoms with Crippen LogP contribution in [0.25, 0.3) is 21.8 Å². The van der Waals surface area contributed by atoms with Gasteiger partial charge in [0.1, 0.15) is 11.4 Å². The van der Waals surface area contributed by atoms with Crippen LogP contribution in [0, 0.1) is 0 Å². The minimum absolute atomic E-state index is 0.167. The lowest BCUT2D eigenvalue weighted by Crippen LogP contribution is -2.26. The zero-order valence-electron chi connectivity index (χ0n) is 14.4. The smallest absolute Gasteiger partial charge is 0.410 e. The number of benzene rings is 1. The summed E-state index contributed by atoms with van der Waals surface area (Å²) in [4.78, 5) is 34.1. The molecule has 0 saturated heterocycles. The highest BCUT2D eigenvalue weighted by Crippen LogP contribution is 2.40. The number of nitrogens with one attached hydrogen (secondary N) is 1. The Morgan fingerprint density at radius 3 is 3.00 bits per heavy atom. The normalized spacial score (nSPS) is 13.1. The van der Waals surface area contributed by atoms with Crippen molar-refractivity contribution in [1.82, 2.24) is 14.9 Å². The number of hydrogen-bond donors (Lipinski definition) is 1. The van der Waals surface area contributed by atoms with E-state index >= 15 is 0 Å². The van der Waals surface area contributed by atoms with E-state index in [4.69, 9.17) is 14.5 Å². The Kier molecular flexibility index (Phi) is 4.12. The molecule has 3 aliphatic rings. The first-order valence-corrected chi connectivity index (χ1v) is 9.03. The van der Waals surface area contributed by atoms with Gasteiger partial charge in [-0.05, 0) is 19.1 Å². The SMILES string of the molecule is CCOC(=O)N1Cc2nc3c(-c4cccc(OC)c4)[nH]c(=O)sc-3c2C1. The van der Waals surface area contributed by atoms with Gasteiger partial charge in [-0.3, -0.25) is 9.69 Å². The largest absolute Gasteiger partial charge is 0.497 e. The summed E-state index contributed by atoms with van der Waals surface area (Å²) in [5.74, 6) is 0.705. The van der Waals surface area contributed by atoms with Crippen LogP contribution in [-0.4, -0.2) is 34.7 Å². The molecule has 0 atom stereocenters. The number of nitrogens with zero attached hydrogens (tertiary/aromatic N) is 2. The van der Waals surface area contributed by atoms with E-state index in [2.05, 4.69) is 4.98 Å². The summed E-state index contributed by atoms with van der Waals surface area (Å²) in [5, 5.41) is 0. The molecule has 0 saturated carbocycles. The average molecular weight is 371 g/mol. The summed E-state index contributed by atoms with van der Waals surface area (Å²) >= 11 is 1.12. The number of H-pyrrole nitrogens is 1. The number of methoxy groups -OCH3 is 1. The molecule has 0 aromatic heterocycles. The number of rotatable bonds is 3. The maximum atomic E-state index is 12.2. The second kappa shape index (κ2) is 6.45. The van der Waals surface area contributed by atoms with Gasteiger partial charge in [-0.1, -0.05) is 23.5 Å². The van der Waals surface area contributed by atoms with E-state index < -0.39 is 0 Å². The lowest BCUT2D eigenvalue weighted by atomic mass is 10.1. The van der Waals surface area contributed by atoms with Gasteiger partial charge in [0.2, 0.25) is 0 Å². The highest BCUT2D eigenvalue weighted by Gasteiger charge is 2.33. The third-order valence-corrected chi connectivity index (χ3v) is 5.25. The minimum atomic E-state index is -0.360. The number of ether oxygens (including phenoxy) is 2. The van der Waals surface area contributed by atoms with Crippen LogP contribution in [0.4, 0.5) is 4.79 Å². The number of fused-ring (bicyclic) bond motifs is 3. The summed E-state index contributed by atoms with van der Waals surface area (Å²) in [6, 6.07) is 7.48. The van der Waals surface area contributed by atoms with Gasteiger partial charge in [0.15, 0.2) is 0 Å². The summed E-state index contributed by atoms with van der Waals surface area (Å²) in [5.41, 5.74) is 3.98. The number of aromatic nitrogens is 2. The van der Waals surface area contributed by atoms with E-state index in [0.717, 1.165) is 38.7 Å². The molecule has 0 unspecified atom stereocenters. The van der Waals surface area contributed by atoms with Gasteiger partial charge in [-0.2, -0.15) is 0 Å². The first-order valence-electron chi connectivity index (χ1n) is 8.21. The Labute approximate surface area is 153 Å². The van der Waals surface area contributed by atoms with E-state index in [0.29, 0.717) is 31.1 Å². The van der Waals surface area contributed by atoms with Crippen molar-refractivity contribution in [2.45, 2.75) is 20.0 Å². The highest BCUT2D eigenvalue weighted by molar-refractivity contribution is 7.12. The molecule has 7 nitrogen and oxygen atoms in total. The Morgan fingerprint density at radius 2 is 2.23 bits per heavy atom. The van der Waals surface area contributed by atoms with E-state index in [1.54, 1.807) is 18.9 Å². The van der Waals surface area contributed by atoms with Gasteiger partial charge in [0.25, 0.3) is 0 Å². The zero-order valence-corrected chi connectivity index (χ0v) is 15.2. The molecular weight excluding hydrogens is 354 g/mol. The third kappa shape index (κ3) is 2.72. The number of hydrogen-bond acceptors (Lipinski definition) is 6. The molecule has 0 aliphatic carbocycles. The van der Waals surface area contributed by atoms with Crippen molar-refractivity contribution >= 4 is 17.4 Å². The van der Waals surface area contributed by atoms with Crippen LogP contribution in [0.1, 0.15) is 18.2 Å². The fraction of sp³-hybridized carbons (Fsp3) is 0.278. The van der Waals surface area contributed by atoms with Gasteiger partial charge in [0, 0.05) is 11.1 Å². The number of amides is 1. The average Bonchev–Trinajstić information content (AvgIpc) is 3.20. The molecule has 8 heteroatoms.